The maximum atomic E-state index is 11.9. The van der Waals surface area contributed by atoms with Crippen LogP contribution in [0, 0.1) is 0 Å². The minimum Gasteiger partial charge on any atom is -0.560 e. The highest BCUT2D eigenvalue weighted by Gasteiger charge is 2.20. The number of rotatable bonds is 3. The van der Waals surface area contributed by atoms with Crippen LogP contribution < -0.4 is 5.32 Å². The van der Waals surface area contributed by atoms with E-state index in [4.69, 9.17) is 9.39 Å². The van der Waals surface area contributed by atoms with Crippen molar-refractivity contribution in [1.29, 1.82) is 0 Å². The molecule has 128 valence electrons. The zero-order valence-electron chi connectivity index (χ0n) is 14.9. The first kappa shape index (κ1) is 17.1. The van der Waals surface area contributed by atoms with E-state index in [1.54, 1.807) is 8.05 Å². The lowest BCUT2D eigenvalue weighted by Gasteiger charge is -2.19. The zero-order chi connectivity index (χ0) is 18.0. The van der Waals surface area contributed by atoms with Crippen molar-refractivity contribution in [1.82, 2.24) is 0 Å². The summed E-state index contributed by atoms with van der Waals surface area (Å²) in [5.74, 6) is 0. The molecule has 3 rings (SSSR count). The molecule has 0 aromatic heterocycles. The quantitative estimate of drug-likeness (QED) is 0.449. The minimum atomic E-state index is -0.518. The Kier molecular flexibility index (Phi) is 4.53. The number of aliphatic imine (C=N–C) groups is 1. The number of amides is 1. The van der Waals surface area contributed by atoms with Crippen molar-refractivity contribution in [2.45, 2.75) is 32.8 Å². The third-order valence-corrected chi connectivity index (χ3v) is 3.82. The Morgan fingerprint density at radius 1 is 1.16 bits per heavy atom. The topological polar surface area (TPSA) is 59.9 Å². The average Bonchev–Trinajstić information content (AvgIpc) is 2.87. The summed E-state index contributed by atoms with van der Waals surface area (Å²) in [6.45, 7) is 5.53. The van der Waals surface area contributed by atoms with Gasteiger partial charge < -0.3 is 9.39 Å². The molecule has 0 radical (unpaired) electrons. The van der Waals surface area contributed by atoms with Crippen LogP contribution in [0.5, 0.6) is 0 Å². The van der Waals surface area contributed by atoms with Crippen LogP contribution in [-0.4, -0.2) is 26.1 Å². The molecule has 5 nitrogen and oxygen atoms in total. The zero-order valence-corrected chi connectivity index (χ0v) is 14.9. The van der Waals surface area contributed by atoms with E-state index in [2.05, 4.69) is 22.4 Å². The van der Waals surface area contributed by atoms with Gasteiger partial charge in [0.15, 0.2) is 6.40 Å². The fraction of sp³-hybridized carbons (Fsp3) is 0.263. The molecule has 1 aliphatic rings. The monoisotopic (exact) mass is 336 g/mol. The summed E-state index contributed by atoms with van der Waals surface area (Å²) in [6, 6.07) is 12.0. The molecule has 1 aliphatic carbocycles. The summed E-state index contributed by atoms with van der Waals surface area (Å²) in [7, 11) is 1.58. The molecule has 0 spiro atoms. The highest BCUT2D eigenvalue weighted by molar-refractivity contribution is 6.02. The normalized spacial score (nSPS) is 12.6. The number of fused-ring (bicyclic) bond motifs is 3. The molecule has 0 aliphatic heterocycles. The first-order valence-electron chi connectivity index (χ1n) is 8.17. The van der Waals surface area contributed by atoms with E-state index in [0.29, 0.717) is 0 Å². The third-order valence-electron chi connectivity index (χ3n) is 3.82. The lowest BCUT2D eigenvalue weighted by atomic mass is 10.1. The molecular formula is C19H21BN2O3. The number of nitrogens with one attached hydrogen (secondary N) is 1. The van der Waals surface area contributed by atoms with Gasteiger partial charge in [-0.25, -0.2) is 9.79 Å². The summed E-state index contributed by atoms with van der Waals surface area (Å²) in [6.07, 6.45) is 1.79. The fourth-order valence-electron chi connectivity index (χ4n) is 2.89. The molecule has 6 heteroatoms. The Bertz CT molecular complexity index is 841. The first-order chi connectivity index (χ1) is 11.9. The average molecular weight is 336 g/mol. The van der Waals surface area contributed by atoms with Crippen LogP contribution >= 0.6 is 0 Å². The van der Waals surface area contributed by atoms with Crippen molar-refractivity contribution in [2.24, 2.45) is 4.99 Å². The van der Waals surface area contributed by atoms with Gasteiger partial charge in [0.2, 0.25) is 0 Å². The van der Waals surface area contributed by atoms with E-state index in [-0.39, 0.29) is 0 Å². The highest BCUT2D eigenvalue weighted by Crippen LogP contribution is 2.39. The first-order valence-corrected chi connectivity index (χ1v) is 8.17. The number of carbonyl (C=O) groups is 1. The van der Waals surface area contributed by atoms with Gasteiger partial charge in [0.25, 0.3) is 0 Å². The lowest BCUT2D eigenvalue weighted by Crippen LogP contribution is -2.27. The Morgan fingerprint density at radius 2 is 1.84 bits per heavy atom. The Hall–Kier alpha value is -2.76. The van der Waals surface area contributed by atoms with Crippen LogP contribution in [0.25, 0.3) is 11.1 Å². The standard InChI is InChI=1S/C19H21BN2O3/c1-19(2,3)25-18(23)22-15-5-7-17-13(10-15)8-12-9-14(21-11-24-20)4-6-16(12)17/h4-7,9-11H,8,20H2,1-3H3,(H,22,23). The number of hydrogen-bond acceptors (Lipinski definition) is 4. The lowest BCUT2D eigenvalue weighted by molar-refractivity contribution is 0.0636. The van der Waals surface area contributed by atoms with Gasteiger partial charge >= 0.3 is 14.1 Å². The maximum Gasteiger partial charge on any atom is 0.412 e. The summed E-state index contributed by atoms with van der Waals surface area (Å²) in [4.78, 5) is 16.2. The summed E-state index contributed by atoms with van der Waals surface area (Å²) < 4.78 is 10.2. The largest absolute Gasteiger partial charge is 0.560 e. The Morgan fingerprint density at radius 3 is 2.52 bits per heavy atom. The van der Waals surface area contributed by atoms with E-state index in [0.717, 1.165) is 17.8 Å². The van der Waals surface area contributed by atoms with Crippen LogP contribution in [0.1, 0.15) is 31.9 Å². The van der Waals surface area contributed by atoms with Gasteiger partial charge in [0.05, 0.1) is 5.69 Å². The number of anilines is 1. The molecule has 1 amide bonds. The molecule has 0 unspecified atom stereocenters. The summed E-state index contributed by atoms with van der Waals surface area (Å²) in [5, 5.41) is 2.79. The highest BCUT2D eigenvalue weighted by atomic mass is 16.6. The van der Waals surface area contributed by atoms with Crippen molar-refractivity contribution in [2.75, 3.05) is 5.32 Å². The van der Waals surface area contributed by atoms with Crippen molar-refractivity contribution < 1.29 is 14.2 Å². The van der Waals surface area contributed by atoms with Crippen molar-refractivity contribution in [3.63, 3.8) is 0 Å². The second kappa shape index (κ2) is 6.63. The van der Waals surface area contributed by atoms with Gasteiger partial charge in [-0.1, -0.05) is 12.1 Å². The van der Waals surface area contributed by atoms with Gasteiger partial charge in [0, 0.05) is 5.69 Å². The molecule has 1 N–H and O–H groups in total. The molecule has 0 bridgehead atoms. The molecule has 25 heavy (non-hydrogen) atoms. The number of ether oxygens (including phenoxy) is 1. The number of benzene rings is 2. The molecule has 2 aromatic rings. The van der Waals surface area contributed by atoms with Crippen molar-refractivity contribution >= 4 is 31.9 Å². The van der Waals surface area contributed by atoms with E-state index in [1.165, 1.54) is 28.7 Å². The predicted octanol–water partition coefficient (Wildman–Crippen LogP) is 3.83. The Balaban J connectivity index is 1.79. The second-order valence-electron chi connectivity index (χ2n) is 6.99. The number of hydrogen-bond donors (Lipinski definition) is 1. The maximum absolute atomic E-state index is 11.9. The summed E-state index contributed by atoms with van der Waals surface area (Å²) in [5.41, 5.74) is 5.86. The molecule has 0 heterocycles. The number of carbonyl (C=O) groups excluding carboxylic acids is 1. The summed E-state index contributed by atoms with van der Waals surface area (Å²) >= 11 is 0. The van der Waals surface area contributed by atoms with E-state index in [1.807, 2.05) is 45.0 Å². The molecule has 0 saturated heterocycles. The van der Waals surface area contributed by atoms with Crippen LogP contribution in [-0.2, 0) is 15.8 Å². The molecule has 0 saturated carbocycles. The smallest absolute Gasteiger partial charge is 0.412 e. The molecular weight excluding hydrogens is 315 g/mol. The molecule has 0 fully saturated rings. The molecule has 2 aromatic carbocycles. The van der Waals surface area contributed by atoms with Crippen molar-refractivity contribution in [3.8, 4) is 11.1 Å². The van der Waals surface area contributed by atoms with Gasteiger partial charge in [0.1, 0.15) is 5.60 Å². The van der Waals surface area contributed by atoms with E-state index in [9.17, 15) is 4.79 Å². The fourth-order valence-corrected chi connectivity index (χ4v) is 2.89. The van der Waals surface area contributed by atoms with Gasteiger partial charge in [-0.15, -0.1) is 0 Å². The Labute approximate surface area is 148 Å². The van der Waals surface area contributed by atoms with Crippen LogP contribution in [0.3, 0.4) is 0 Å². The molecule has 0 atom stereocenters. The third kappa shape index (κ3) is 4.02. The van der Waals surface area contributed by atoms with Gasteiger partial charge in [-0.05, 0) is 73.7 Å². The number of nitrogens with zero attached hydrogens (tertiary/aromatic N) is 1. The SMILES string of the molecule is BOC=Nc1ccc2c(c1)Cc1cc(NC(=O)OC(C)(C)C)ccc1-2. The minimum absolute atomic E-state index is 0.445. The van der Waals surface area contributed by atoms with Crippen molar-refractivity contribution in [3.05, 3.63) is 47.5 Å². The second-order valence-corrected chi connectivity index (χ2v) is 6.99. The van der Waals surface area contributed by atoms with Crippen LogP contribution in [0.4, 0.5) is 16.2 Å². The van der Waals surface area contributed by atoms with Gasteiger partial charge in [-0.2, -0.15) is 0 Å². The van der Waals surface area contributed by atoms with Crippen LogP contribution in [0.15, 0.2) is 41.4 Å². The van der Waals surface area contributed by atoms with Crippen LogP contribution in [0.2, 0.25) is 0 Å². The van der Waals surface area contributed by atoms with E-state index >= 15 is 0 Å². The van der Waals surface area contributed by atoms with E-state index < -0.39 is 11.7 Å². The predicted molar refractivity (Wildman–Crippen MR) is 102 cm³/mol. The van der Waals surface area contributed by atoms with Gasteiger partial charge in [-0.3, -0.25) is 5.32 Å².